The SMILES string of the molecule is CC(=O)c1cccc(NC(=O)c2cncc(NS(=O)(=O)c3ccc(C)cc3C)c2)c1. The Balaban J connectivity index is 1.81. The molecule has 0 unspecified atom stereocenters. The highest BCUT2D eigenvalue weighted by Crippen LogP contribution is 2.21. The number of benzene rings is 2. The van der Waals surface area contributed by atoms with Gasteiger partial charge in [0.2, 0.25) is 0 Å². The highest BCUT2D eigenvalue weighted by Gasteiger charge is 2.18. The van der Waals surface area contributed by atoms with E-state index in [0.29, 0.717) is 16.8 Å². The summed E-state index contributed by atoms with van der Waals surface area (Å²) in [5.41, 5.74) is 2.84. The lowest BCUT2D eigenvalue weighted by Crippen LogP contribution is -2.16. The van der Waals surface area contributed by atoms with Gasteiger partial charge in [-0.1, -0.05) is 29.8 Å². The van der Waals surface area contributed by atoms with Crippen molar-refractivity contribution in [2.24, 2.45) is 0 Å². The van der Waals surface area contributed by atoms with E-state index in [9.17, 15) is 18.0 Å². The Morgan fingerprint density at radius 1 is 0.900 bits per heavy atom. The number of carbonyl (C=O) groups is 2. The van der Waals surface area contributed by atoms with Gasteiger partial charge in [0.05, 0.1) is 22.3 Å². The van der Waals surface area contributed by atoms with Crippen LogP contribution < -0.4 is 10.0 Å². The molecule has 1 aromatic heterocycles. The number of ketones is 1. The second-order valence-electron chi connectivity index (χ2n) is 6.93. The van der Waals surface area contributed by atoms with Crippen molar-refractivity contribution in [3.05, 3.63) is 83.2 Å². The average Bonchev–Trinajstić information content (AvgIpc) is 2.67. The number of pyridine rings is 1. The van der Waals surface area contributed by atoms with Crippen LogP contribution in [0.4, 0.5) is 11.4 Å². The number of rotatable bonds is 6. The van der Waals surface area contributed by atoms with Gasteiger partial charge in [0, 0.05) is 17.4 Å². The van der Waals surface area contributed by atoms with Crippen molar-refractivity contribution in [3.63, 3.8) is 0 Å². The first-order valence-electron chi connectivity index (χ1n) is 9.13. The largest absolute Gasteiger partial charge is 0.322 e. The van der Waals surface area contributed by atoms with Crippen LogP contribution >= 0.6 is 0 Å². The molecule has 2 N–H and O–H groups in total. The van der Waals surface area contributed by atoms with Gasteiger partial charge in [0.25, 0.3) is 15.9 Å². The highest BCUT2D eigenvalue weighted by atomic mass is 32.2. The lowest BCUT2D eigenvalue weighted by Gasteiger charge is -2.12. The fraction of sp³-hybridized carbons (Fsp3) is 0.136. The van der Waals surface area contributed by atoms with E-state index >= 15 is 0 Å². The zero-order chi connectivity index (χ0) is 21.9. The number of hydrogen-bond acceptors (Lipinski definition) is 5. The predicted octanol–water partition coefficient (Wildman–Crippen LogP) is 3.95. The van der Waals surface area contributed by atoms with Crippen molar-refractivity contribution in [2.45, 2.75) is 25.7 Å². The number of hydrogen-bond donors (Lipinski definition) is 2. The molecule has 0 saturated carbocycles. The number of Topliss-reactive ketones (excluding diaryl/α,β-unsaturated/α-hetero) is 1. The van der Waals surface area contributed by atoms with Crippen molar-refractivity contribution < 1.29 is 18.0 Å². The minimum atomic E-state index is -3.84. The molecule has 0 fully saturated rings. The first kappa shape index (κ1) is 21.2. The van der Waals surface area contributed by atoms with Crippen LogP contribution in [0.25, 0.3) is 0 Å². The van der Waals surface area contributed by atoms with Gasteiger partial charge in [-0.3, -0.25) is 19.3 Å². The first-order chi connectivity index (χ1) is 14.2. The molecule has 154 valence electrons. The van der Waals surface area contributed by atoms with Crippen LogP contribution in [0.15, 0.2) is 65.8 Å². The van der Waals surface area contributed by atoms with Gasteiger partial charge >= 0.3 is 0 Å². The monoisotopic (exact) mass is 423 g/mol. The van der Waals surface area contributed by atoms with Crippen LogP contribution in [0.5, 0.6) is 0 Å². The van der Waals surface area contributed by atoms with Crippen LogP contribution in [0, 0.1) is 13.8 Å². The summed E-state index contributed by atoms with van der Waals surface area (Å²) in [5.74, 6) is -0.591. The number of anilines is 2. The van der Waals surface area contributed by atoms with Crippen molar-refractivity contribution in [2.75, 3.05) is 10.0 Å². The summed E-state index contributed by atoms with van der Waals surface area (Å²) >= 11 is 0. The van der Waals surface area contributed by atoms with E-state index in [1.54, 1.807) is 49.4 Å². The summed E-state index contributed by atoms with van der Waals surface area (Å²) in [6.45, 7) is 5.05. The molecule has 30 heavy (non-hydrogen) atoms. The smallest absolute Gasteiger partial charge is 0.262 e. The summed E-state index contributed by atoms with van der Waals surface area (Å²) in [6, 6.07) is 13.0. The van der Waals surface area contributed by atoms with Gasteiger partial charge in [-0.15, -0.1) is 0 Å². The molecule has 0 spiro atoms. The van der Waals surface area contributed by atoms with Gasteiger partial charge in [-0.2, -0.15) is 0 Å². The molecule has 0 atom stereocenters. The zero-order valence-corrected chi connectivity index (χ0v) is 17.6. The van der Waals surface area contributed by atoms with Crippen LogP contribution in [0.3, 0.4) is 0 Å². The summed E-state index contributed by atoms with van der Waals surface area (Å²) in [7, 11) is -3.84. The van der Waals surface area contributed by atoms with E-state index in [1.807, 2.05) is 6.92 Å². The molecule has 1 heterocycles. The number of sulfonamides is 1. The van der Waals surface area contributed by atoms with E-state index in [-0.39, 0.29) is 21.9 Å². The molecule has 2 aromatic carbocycles. The molecule has 3 aromatic rings. The Kier molecular flexibility index (Phi) is 5.98. The Hall–Kier alpha value is -3.52. The molecule has 0 aliphatic heterocycles. The van der Waals surface area contributed by atoms with Crippen LogP contribution in [0.1, 0.15) is 38.8 Å². The first-order valence-corrected chi connectivity index (χ1v) is 10.6. The predicted molar refractivity (Wildman–Crippen MR) is 115 cm³/mol. The average molecular weight is 423 g/mol. The molecule has 1 amide bonds. The maximum Gasteiger partial charge on any atom is 0.262 e. The summed E-state index contributed by atoms with van der Waals surface area (Å²) in [5, 5.41) is 2.68. The molecule has 0 saturated heterocycles. The Morgan fingerprint density at radius 3 is 2.33 bits per heavy atom. The minimum Gasteiger partial charge on any atom is -0.322 e. The van der Waals surface area contributed by atoms with E-state index in [4.69, 9.17) is 0 Å². The van der Waals surface area contributed by atoms with Crippen molar-refractivity contribution in [1.29, 1.82) is 0 Å². The number of nitrogens with one attached hydrogen (secondary N) is 2. The standard InChI is InChI=1S/C22H21N3O4S/c1-14-7-8-21(15(2)9-14)30(28,29)25-20-11-18(12-23-13-20)22(27)24-19-6-4-5-17(10-19)16(3)26/h4-13,25H,1-3H3,(H,24,27). The van der Waals surface area contributed by atoms with Gasteiger partial charge in [-0.05, 0) is 50.6 Å². The maximum atomic E-state index is 12.7. The Bertz CT molecular complexity index is 1240. The van der Waals surface area contributed by atoms with E-state index in [0.717, 1.165) is 5.56 Å². The van der Waals surface area contributed by atoms with E-state index in [2.05, 4.69) is 15.0 Å². The molecule has 0 bridgehead atoms. The number of nitrogens with zero attached hydrogens (tertiary/aromatic N) is 1. The number of carbonyl (C=O) groups excluding carboxylic acids is 2. The van der Waals surface area contributed by atoms with Gasteiger partial charge in [-0.25, -0.2) is 8.42 Å². The molecule has 0 aliphatic rings. The second-order valence-corrected chi connectivity index (χ2v) is 8.58. The molecule has 0 radical (unpaired) electrons. The van der Waals surface area contributed by atoms with Crippen molar-refractivity contribution >= 4 is 33.1 Å². The number of aryl methyl sites for hydroxylation is 2. The molecule has 8 heteroatoms. The van der Waals surface area contributed by atoms with E-state index < -0.39 is 15.9 Å². The Labute approximate surface area is 175 Å². The summed E-state index contributed by atoms with van der Waals surface area (Å²) in [4.78, 5) is 28.2. The second kappa shape index (κ2) is 8.46. The van der Waals surface area contributed by atoms with Crippen molar-refractivity contribution in [3.8, 4) is 0 Å². The maximum absolute atomic E-state index is 12.7. The third-order valence-electron chi connectivity index (χ3n) is 4.40. The summed E-state index contributed by atoms with van der Waals surface area (Å²) in [6.07, 6.45) is 2.66. The number of amides is 1. The van der Waals surface area contributed by atoms with E-state index in [1.165, 1.54) is 25.4 Å². The molecule has 3 rings (SSSR count). The summed E-state index contributed by atoms with van der Waals surface area (Å²) < 4.78 is 27.9. The molecular formula is C22H21N3O4S. The lowest BCUT2D eigenvalue weighted by molar-refractivity contribution is 0.101. The number of aromatic nitrogens is 1. The molecular weight excluding hydrogens is 402 g/mol. The lowest BCUT2D eigenvalue weighted by atomic mass is 10.1. The quantitative estimate of drug-likeness (QED) is 0.584. The van der Waals surface area contributed by atoms with Crippen molar-refractivity contribution in [1.82, 2.24) is 4.98 Å². The fourth-order valence-electron chi connectivity index (χ4n) is 2.95. The van der Waals surface area contributed by atoms with Gasteiger partial charge in [0.15, 0.2) is 5.78 Å². The van der Waals surface area contributed by atoms with Crippen LogP contribution in [-0.4, -0.2) is 25.1 Å². The van der Waals surface area contributed by atoms with Crippen LogP contribution in [-0.2, 0) is 10.0 Å². The molecule has 0 aliphatic carbocycles. The third kappa shape index (κ3) is 4.90. The Morgan fingerprint density at radius 2 is 1.63 bits per heavy atom. The normalized spacial score (nSPS) is 11.0. The third-order valence-corrected chi connectivity index (χ3v) is 5.94. The van der Waals surface area contributed by atoms with Gasteiger partial charge < -0.3 is 5.32 Å². The van der Waals surface area contributed by atoms with Gasteiger partial charge in [0.1, 0.15) is 0 Å². The fourth-order valence-corrected chi connectivity index (χ4v) is 4.21. The van der Waals surface area contributed by atoms with Crippen LogP contribution in [0.2, 0.25) is 0 Å². The highest BCUT2D eigenvalue weighted by molar-refractivity contribution is 7.92. The molecule has 7 nitrogen and oxygen atoms in total. The topological polar surface area (TPSA) is 105 Å². The zero-order valence-electron chi connectivity index (χ0n) is 16.8. The minimum absolute atomic E-state index is 0.115.